The highest BCUT2D eigenvalue weighted by Gasteiger charge is 1.94. The summed E-state index contributed by atoms with van der Waals surface area (Å²) in [6.07, 6.45) is 2.56. The van der Waals surface area contributed by atoms with E-state index in [9.17, 15) is 0 Å². The van der Waals surface area contributed by atoms with E-state index >= 15 is 0 Å². The molecule has 3 nitrogen and oxygen atoms in total. The zero-order chi connectivity index (χ0) is 10.5. The van der Waals surface area contributed by atoms with Crippen LogP contribution in [0.1, 0.15) is 12.8 Å². The third-order valence-corrected chi connectivity index (χ3v) is 1.49. The molecule has 0 unspecified atom stereocenters. The van der Waals surface area contributed by atoms with Crippen molar-refractivity contribution in [3.63, 3.8) is 0 Å². The van der Waals surface area contributed by atoms with Crippen molar-refractivity contribution in [2.75, 3.05) is 13.2 Å². The van der Waals surface area contributed by atoms with Crippen LogP contribution in [-0.4, -0.2) is 24.8 Å². The number of hydrogen-bond acceptors (Lipinski definition) is 2. The van der Waals surface area contributed by atoms with Crippen LogP contribution in [0, 0.1) is 0 Å². The summed E-state index contributed by atoms with van der Waals surface area (Å²) >= 11 is 0. The number of rotatable bonds is 0. The zero-order valence-electron chi connectivity index (χ0n) is 8.13. The van der Waals surface area contributed by atoms with Gasteiger partial charge in [-0.05, 0) is 12.8 Å². The molecule has 0 aromatic heterocycles. The van der Waals surface area contributed by atoms with Gasteiger partial charge in [-0.2, -0.15) is 0 Å². The monoisotopic (exact) mass is 196 g/mol. The Morgan fingerprint density at radius 2 is 1.21 bits per heavy atom. The number of benzene rings is 1. The van der Waals surface area contributed by atoms with E-state index in [1.54, 1.807) is 0 Å². The van der Waals surface area contributed by atoms with E-state index < -0.39 is 0 Å². The normalized spacial score (nSPS) is 12.9. The molecule has 3 heteroatoms. The summed E-state index contributed by atoms with van der Waals surface area (Å²) in [6, 6.07) is 12.0. The Hall–Kier alpha value is -1.35. The first-order valence-corrected chi connectivity index (χ1v) is 4.57. The van der Waals surface area contributed by atoms with Crippen molar-refractivity contribution >= 4 is 6.47 Å². The smallest absolute Gasteiger partial charge is 0.290 e. The van der Waals surface area contributed by atoms with Gasteiger partial charge in [0, 0.05) is 13.2 Å². The Labute approximate surface area is 84.3 Å². The van der Waals surface area contributed by atoms with Crippen molar-refractivity contribution in [1.29, 1.82) is 0 Å². The SMILES string of the molecule is C1CCOC1.O=CO.c1ccccc1. The van der Waals surface area contributed by atoms with E-state index in [2.05, 4.69) is 0 Å². The van der Waals surface area contributed by atoms with E-state index in [1.807, 2.05) is 36.4 Å². The number of carbonyl (C=O) groups is 1. The third kappa shape index (κ3) is 10.7. The van der Waals surface area contributed by atoms with E-state index in [0.717, 1.165) is 13.2 Å². The fraction of sp³-hybridized carbons (Fsp3) is 0.364. The summed E-state index contributed by atoms with van der Waals surface area (Å²) in [5, 5.41) is 6.89. The summed E-state index contributed by atoms with van der Waals surface area (Å²) < 4.78 is 4.94. The van der Waals surface area contributed by atoms with E-state index in [0.29, 0.717) is 0 Å². The number of ether oxygens (including phenoxy) is 1. The highest BCUT2D eigenvalue weighted by atomic mass is 16.5. The van der Waals surface area contributed by atoms with Gasteiger partial charge in [-0.25, -0.2) is 0 Å². The number of hydrogen-bond donors (Lipinski definition) is 1. The van der Waals surface area contributed by atoms with E-state index in [1.165, 1.54) is 12.8 Å². The first-order valence-electron chi connectivity index (χ1n) is 4.57. The van der Waals surface area contributed by atoms with Crippen molar-refractivity contribution in [2.24, 2.45) is 0 Å². The second-order valence-corrected chi connectivity index (χ2v) is 2.58. The second-order valence-electron chi connectivity index (χ2n) is 2.58. The molecule has 1 saturated heterocycles. The molecule has 0 spiro atoms. The van der Waals surface area contributed by atoms with Crippen LogP contribution in [0.4, 0.5) is 0 Å². The lowest BCUT2D eigenvalue weighted by atomic mass is 10.4. The summed E-state index contributed by atoms with van der Waals surface area (Å²) in [5.41, 5.74) is 0. The lowest BCUT2D eigenvalue weighted by Gasteiger charge is -1.76. The minimum absolute atomic E-state index is 0.250. The van der Waals surface area contributed by atoms with Gasteiger partial charge < -0.3 is 9.84 Å². The molecule has 14 heavy (non-hydrogen) atoms. The standard InChI is InChI=1S/C6H6.C4H8O.CH2O2/c1-2-4-6-5-3-1;1-2-4-5-3-1;2-1-3/h1-6H;1-4H2;1H,(H,2,3). The van der Waals surface area contributed by atoms with Crippen LogP contribution in [0.25, 0.3) is 0 Å². The van der Waals surface area contributed by atoms with Gasteiger partial charge in [0.25, 0.3) is 6.47 Å². The van der Waals surface area contributed by atoms with Gasteiger partial charge >= 0.3 is 0 Å². The van der Waals surface area contributed by atoms with Crippen LogP contribution in [0.5, 0.6) is 0 Å². The second kappa shape index (κ2) is 11.6. The Kier molecular flexibility index (Phi) is 10.5. The molecule has 1 aliphatic rings. The molecule has 1 N–H and O–H groups in total. The molecule has 0 saturated carbocycles. The van der Waals surface area contributed by atoms with Gasteiger partial charge in [0.1, 0.15) is 0 Å². The Morgan fingerprint density at radius 1 is 0.929 bits per heavy atom. The fourth-order valence-corrected chi connectivity index (χ4v) is 0.895. The quantitative estimate of drug-likeness (QED) is 0.647. The Bertz CT molecular complexity index is 161. The van der Waals surface area contributed by atoms with Gasteiger partial charge in [-0.15, -0.1) is 0 Å². The minimum atomic E-state index is -0.250. The van der Waals surface area contributed by atoms with Gasteiger partial charge in [0.05, 0.1) is 0 Å². The molecular formula is C11H16O3. The third-order valence-electron chi connectivity index (χ3n) is 1.49. The van der Waals surface area contributed by atoms with Crippen LogP contribution in [0.3, 0.4) is 0 Å². The molecule has 1 fully saturated rings. The Morgan fingerprint density at radius 3 is 1.36 bits per heavy atom. The highest BCUT2D eigenvalue weighted by molar-refractivity contribution is 5.32. The van der Waals surface area contributed by atoms with Crippen LogP contribution in [0.15, 0.2) is 36.4 Å². The molecule has 1 aliphatic heterocycles. The predicted molar refractivity (Wildman–Crippen MR) is 55.2 cm³/mol. The molecule has 2 rings (SSSR count). The maximum absolute atomic E-state index is 8.36. The highest BCUT2D eigenvalue weighted by Crippen LogP contribution is 1.98. The van der Waals surface area contributed by atoms with E-state index in [4.69, 9.17) is 14.6 Å². The van der Waals surface area contributed by atoms with Crippen molar-refractivity contribution < 1.29 is 14.6 Å². The van der Waals surface area contributed by atoms with Crippen LogP contribution >= 0.6 is 0 Å². The molecule has 1 heterocycles. The van der Waals surface area contributed by atoms with Crippen molar-refractivity contribution in [2.45, 2.75) is 12.8 Å². The Balaban J connectivity index is 0.000000193. The summed E-state index contributed by atoms with van der Waals surface area (Å²) in [6.45, 7) is 1.75. The lowest BCUT2D eigenvalue weighted by Crippen LogP contribution is -1.74. The van der Waals surface area contributed by atoms with Gasteiger partial charge in [-0.1, -0.05) is 36.4 Å². The average molecular weight is 196 g/mol. The minimum Gasteiger partial charge on any atom is -0.483 e. The van der Waals surface area contributed by atoms with Crippen molar-refractivity contribution in [3.05, 3.63) is 36.4 Å². The van der Waals surface area contributed by atoms with E-state index in [-0.39, 0.29) is 6.47 Å². The molecule has 1 aromatic rings. The van der Waals surface area contributed by atoms with Crippen LogP contribution in [-0.2, 0) is 9.53 Å². The summed E-state index contributed by atoms with van der Waals surface area (Å²) in [5.74, 6) is 0. The molecule has 0 aliphatic carbocycles. The van der Waals surface area contributed by atoms with Crippen LogP contribution < -0.4 is 0 Å². The fourth-order valence-electron chi connectivity index (χ4n) is 0.895. The molecule has 0 radical (unpaired) electrons. The molecular weight excluding hydrogens is 180 g/mol. The molecule has 0 amide bonds. The zero-order valence-corrected chi connectivity index (χ0v) is 8.13. The van der Waals surface area contributed by atoms with Gasteiger partial charge in [0.2, 0.25) is 0 Å². The largest absolute Gasteiger partial charge is 0.483 e. The average Bonchev–Trinajstić information content (AvgIpc) is 2.80. The summed E-state index contributed by atoms with van der Waals surface area (Å²) in [7, 11) is 0. The maximum Gasteiger partial charge on any atom is 0.290 e. The molecule has 0 bridgehead atoms. The summed E-state index contributed by atoms with van der Waals surface area (Å²) in [4.78, 5) is 8.36. The molecule has 78 valence electrons. The lowest BCUT2D eigenvalue weighted by molar-refractivity contribution is -0.122. The predicted octanol–water partition coefficient (Wildman–Crippen LogP) is 2.18. The molecule has 0 atom stereocenters. The first kappa shape index (κ1) is 12.7. The van der Waals surface area contributed by atoms with Gasteiger partial charge in [-0.3, -0.25) is 4.79 Å². The number of carboxylic acid groups (broad SMARTS) is 1. The van der Waals surface area contributed by atoms with Crippen LogP contribution in [0.2, 0.25) is 0 Å². The molecule has 1 aromatic carbocycles. The van der Waals surface area contributed by atoms with Crippen molar-refractivity contribution in [1.82, 2.24) is 0 Å². The topological polar surface area (TPSA) is 46.5 Å². The first-order chi connectivity index (χ1) is 6.91. The maximum atomic E-state index is 8.36. The van der Waals surface area contributed by atoms with Crippen molar-refractivity contribution in [3.8, 4) is 0 Å². The van der Waals surface area contributed by atoms with Gasteiger partial charge in [0.15, 0.2) is 0 Å².